The fourth-order valence-corrected chi connectivity index (χ4v) is 3.61. The average Bonchev–Trinajstić information content (AvgIpc) is 2.75. The van der Waals surface area contributed by atoms with Gasteiger partial charge < -0.3 is 15.3 Å². The molecule has 2 aromatic rings. The molecule has 0 saturated carbocycles. The van der Waals surface area contributed by atoms with E-state index in [-0.39, 0.29) is 17.1 Å². The molecule has 0 aromatic heterocycles. The first-order chi connectivity index (χ1) is 15.5. The largest absolute Gasteiger partial charge is 0.507 e. The summed E-state index contributed by atoms with van der Waals surface area (Å²) in [4.78, 5) is 17.8. The Kier molecular flexibility index (Phi) is 13.8. The molecule has 0 spiro atoms. The van der Waals surface area contributed by atoms with Crippen molar-refractivity contribution in [3.8, 4) is 11.5 Å². The van der Waals surface area contributed by atoms with Crippen LogP contribution in [0.15, 0.2) is 46.4 Å². The number of aryl methyl sites for hydroxylation is 2. The first kappa shape index (κ1) is 28.4. The summed E-state index contributed by atoms with van der Waals surface area (Å²) < 4.78 is 0. The molecule has 7 heteroatoms. The molecular weight excluding hydrogens is 459 g/mol. The SMILES string of the molecule is CC(=O)O.Oc1c2cccc1CCCCCCCCc1cccc(c1O)C=NCCN=C2.[Mn]. The van der Waals surface area contributed by atoms with Crippen molar-refractivity contribution >= 4 is 18.4 Å². The predicted octanol–water partition coefficient (Wildman–Crippen LogP) is 5.16. The van der Waals surface area contributed by atoms with E-state index in [9.17, 15) is 10.2 Å². The molecule has 0 atom stereocenters. The number of aliphatic carboxylic acids is 1. The number of rotatable bonds is 0. The Balaban J connectivity index is 0.00000101. The van der Waals surface area contributed by atoms with Gasteiger partial charge in [0, 0.05) is 47.5 Å². The van der Waals surface area contributed by atoms with E-state index in [2.05, 4.69) is 9.98 Å². The van der Waals surface area contributed by atoms with Crippen LogP contribution in [0.5, 0.6) is 11.5 Å². The average molecular weight is 494 g/mol. The van der Waals surface area contributed by atoms with Crippen molar-refractivity contribution in [2.24, 2.45) is 9.98 Å². The number of benzene rings is 2. The van der Waals surface area contributed by atoms with Gasteiger partial charge in [-0.2, -0.15) is 0 Å². The molecule has 0 saturated heterocycles. The second-order valence-electron chi connectivity index (χ2n) is 7.92. The van der Waals surface area contributed by atoms with Crippen LogP contribution in [0.2, 0.25) is 0 Å². The molecule has 3 rings (SSSR count). The monoisotopic (exact) mass is 493 g/mol. The Labute approximate surface area is 207 Å². The second-order valence-corrected chi connectivity index (χ2v) is 7.92. The topological polar surface area (TPSA) is 102 Å². The summed E-state index contributed by atoms with van der Waals surface area (Å²) in [5, 5.41) is 28.4. The van der Waals surface area contributed by atoms with Gasteiger partial charge in [-0.3, -0.25) is 14.8 Å². The van der Waals surface area contributed by atoms with Gasteiger partial charge in [0.25, 0.3) is 5.97 Å². The number of carbonyl (C=O) groups is 1. The Morgan fingerprint density at radius 3 is 1.48 bits per heavy atom. The molecule has 4 bridgehead atoms. The van der Waals surface area contributed by atoms with Crippen LogP contribution in [0.25, 0.3) is 0 Å². The zero-order chi connectivity index (χ0) is 23.2. The van der Waals surface area contributed by atoms with Crippen molar-refractivity contribution in [3.05, 3.63) is 58.7 Å². The van der Waals surface area contributed by atoms with Gasteiger partial charge in [0.2, 0.25) is 0 Å². The standard InChI is InChI=1S/C24H30N2O2.C2H4O2.Mn/c27-23-19-9-5-3-1-2-4-6-10-20-12-8-14-22(24(20)28)18-26-16-15-25-17-21(23)13-7-11-19;1-2(3)4;/h7-8,11-14,17-18,27-28H,1-6,9-10,15-16H2;1H3,(H,3,4);. The zero-order valence-electron chi connectivity index (χ0n) is 19.2. The van der Waals surface area contributed by atoms with E-state index in [1.807, 2.05) is 36.4 Å². The number of fused-ring (bicyclic) bond motifs is 4. The van der Waals surface area contributed by atoms with Gasteiger partial charge in [-0.25, -0.2) is 0 Å². The molecule has 1 aliphatic heterocycles. The Morgan fingerprint density at radius 2 is 1.09 bits per heavy atom. The van der Waals surface area contributed by atoms with Crippen LogP contribution >= 0.6 is 0 Å². The maximum absolute atomic E-state index is 10.5. The summed E-state index contributed by atoms with van der Waals surface area (Å²) >= 11 is 0. The number of phenolic OH excluding ortho intramolecular Hbond substituents is 2. The molecule has 0 amide bonds. The van der Waals surface area contributed by atoms with Crippen LogP contribution < -0.4 is 0 Å². The minimum Gasteiger partial charge on any atom is -0.507 e. The number of phenols is 2. The van der Waals surface area contributed by atoms with Crippen molar-refractivity contribution in [2.75, 3.05) is 13.1 Å². The number of carboxylic acid groups (broad SMARTS) is 1. The summed E-state index contributed by atoms with van der Waals surface area (Å²) in [6, 6.07) is 11.8. The van der Waals surface area contributed by atoms with Crippen LogP contribution in [-0.4, -0.2) is 46.8 Å². The van der Waals surface area contributed by atoms with Crippen molar-refractivity contribution in [3.63, 3.8) is 0 Å². The third-order valence-electron chi connectivity index (χ3n) is 5.26. The predicted molar refractivity (Wildman–Crippen MR) is 130 cm³/mol. The molecule has 6 nitrogen and oxygen atoms in total. The molecule has 2 aromatic carbocycles. The van der Waals surface area contributed by atoms with Crippen LogP contribution in [0.1, 0.15) is 67.7 Å². The maximum Gasteiger partial charge on any atom is 0.300 e. The normalized spacial score (nSPS) is 14.8. The minimum atomic E-state index is -0.833. The molecule has 179 valence electrons. The van der Waals surface area contributed by atoms with Crippen molar-refractivity contribution in [2.45, 2.75) is 58.3 Å². The quantitative estimate of drug-likeness (QED) is 0.441. The molecule has 33 heavy (non-hydrogen) atoms. The second kappa shape index (κ2) is 16.1. The first-order valence-corrected chi connectivity index (χ1v) is 11.3. The fraction of sp³-hybridized carbons (Fsp3) is 0.423. The third kappa shape index (κ3) is 10.7. The molecular formula is C26H34MnN2O4. The van der Waals surface area contributed by atoms with Gasteiger partial charge in [0.05, 0.1) is 13.1 Å². The third-order valence-corrected chi connectivity index (χ3v) is 5.26. The molecule has 1 radical (unpaired) electrons. The summed E-state index contributed by atoms with van der Waals surface area (Å²) in [5.74, 6) is -0.128. The number of hydrogen-bond donors (Lipinski definition) is 3. The summed E-state index contributed by atoms with van der Waals surface area (Å²) in [6.45, 7) is 2.17. The van der Waals surface area contributed by atoms with E-state index >= 15 is 0 Å². The fourth-order valence-electron chi connectivity index (χ4n) is 3.61. The zero-order valence-corrected chi connectivity index (χ0v) is 20.4. The maximum atomic E-state index is 10.5. The van der Waals surface area contributed by atoms with Crippen molar-refractivity contribution in [1.29, 1.82) is 0 Å². The Morgan fingerprint density at radius 1 is 0.727 bits per heavy atom. The minimum absolute atomic E-state index is 0. The number of carboxylic acids is 1. The van der Waals surface area contributed by atoms with Gasteiger partial charge >= 0.3 is 0 Å². The Bertz CT molecular complexity index is 855. The van der Waals surface area contributed by atoms with E-state index < -0.39 is 5.97 Å². The summed E-state index contributed by atoms with van der Waals surface area (Å²) in [5.41, 5.74) is 3.54. The van der Waals surface area contributed by atoms with Crippen LogP contribution in [0.3, 0.4) is 0 Å². The molecule has 0 unspecified atom stereocenters. The van der Waals surface area contributed by atoms with Crippen molar-refractivity contribution in [1.82, 2.24) is 0 Å². The van der Waals surface area contributed by atoms with Crippen LogP contribution in [-0.2, 0) is 34.7 Å². The first-order valence-electron chi connectivity index (χ1n) is 11.3. The Hall–Kier alpha value is -2.63. The van der Waals surface area contributed by atoms with Gasteiger partial charge in [0.1, 0.15) is 11.5 Å². The molecule has 0 aliphatic carbocycles. The van der Waals surface area contributed by atoms with Crippen LogP contribution in [0.4, 0.5) is 0 Å². The number of nitrogens with zero attached hydrogens (tertiary/aromatic N) is 2. The van der Waals surface area contributed by atoms with E-state index in [4.69, 9.17) is 9.90 Å². The van der Waals surface area contributed by atoms with E-state index in [1.54, 1.807) is 12.4 Å². The van der Waals surface area contributed by atoms with E-state index in [0.29, 0.717) is 24.6 Å². The summed E-state index contributed by atoms with van der Waals surface area (Å²) in [6.07, 6.45) is 12.2. The molecule has 3 N–H and O–H groups in total. The molecule has 0 fully saturated rings. The van der Waals surface area contributed by atoms with Crippen molar-refractivity contribution < 1.29 is 37.2 Å². The summed E-state index contributed by atoms with van der Waals surface area (Å²) in [7, 11) is 0. The number of para-hydroxylation sites is 2. The van der Waals surface area contributed by atoms with E-state index in [1.165, 1.54) is 25.7 Å². The van der Waals surface area contributed by atoms with Gasteiger partial charge in [-0.15, -0.1) is 0 Å². The number of aromatic hydroxyl groups is 2. The number of aliphatic imine (C=N–C) groups is 2. The number of hydrogen-bond acceptors (Lipinski definition) is 5. The van der Waals surface area contributed by atoms with Gasteiger partial charge in [0.15, 0.2) is 0 Å². The molecule has 1 heterocycles. The smallest absolute Gasteiger partial charge is 0.300 e. The van der Waals surface area contributed by atoms with Gasteiger partial charge in [-0.1, -0.05) is 49.9 Å². The van der Waals surface area contributed by atoms with E-state index in [0.717, 1.165) is 54.9 Å². The molecule has 1 aliphatic rings. The van der Waals surface area contributed by atoms with Gasteiger partial charge in [-0.05, 0) is 48.9 Å². The van der Waals surface area contributed by atoms with Crippen LogP contribution in [0, 0.1) is 0 Å².